The average molecular weight is 493 g/mol. The van der Waals surface area contributed by atoms with E-state index in [0.717, 1.165) is 16.3 Å². The molecule has 0 bridgehead atoms. The molecule has 0 saturated heterocycles. The number of sulfonamides is 1. The molecule has 4 aromatic rings. The van der Waals surface area contributed by atoms with Gasteiger partial charge in [0, 0.05) is 20.2 Å². The van der Waals surface area contributed by atoms with E-state index in [1.54, 1.807) is 41.5 Å². The Kier molecular flexibility index (Phi) is 7.97. The summed E-state index contributed by atoms with van der Waals surface area (Å²) in [7, 11) is -2.44. The van der Waals surface area contributed by atoms with Gasteiger partial charge >= 0.3 is 0 Å². The molecule has 1 aromatic heterocycles. The number of rotatable bonds is 11. The molecule has 0 aliphatic rings. The van der Waals surface area contributed by atoms with Crippen molar-refractivity contribution in [2.75, 3.05) is 26.8 Å². The molecule has 0 fully saturated rings. The highest BCUT2D eigenvalue weighted by atomic mass is 32.2. The Morgan fingerprint density at radius 1 is 0.886 bits per heavy atom. The lowest BCUT2D eigenvalue weighted by molar-refractivity contribution is -0.133. The van der Waals surface area contributed by atoms with Crippen LogP contribution in [0.3, 0.4) is 0 Å². The summed E-state index contributed by atoms with van der Waals surface area (Å²) in [4.78, 5) is 15.2. The Morgan fingerprint density at radius 3 is 2.34 bits per heavy atom. The molecule has 0 atom stereocenters. The minimum Gasteiger partial charge on any atom is -0.467 e. The molecule has 182 valence electrons. The van der Waals surface area contributed by atoms with Crippen LogP contribution in [0.4, 0.5) is 0 Å². The number of furan rings is 1. The topological polar surface area (TPSA) is 80.1 Å². The van der Waals surface area contributed by atoms with Gasteiger partial charge in [-0.25, -0.2) is 8.42 Å². The van der Waals surface area contributed by atoms with Gasteiger partial charge in [-0.1, -0.05) is 60.7 Å². The van der Waals surface area contributed by atoms with Crippen LogP contribution in [0.1, 0.15) is 11.3 Å². The van der Waals surface area contributed by atoms with Gasteiger partial charge < -0.3 is 14.1 Å². The lowest BCUT2D eigenvalue weighted by Crippen LogP contribution is -2.43. The van der Waals surface area contributed by atoms with Crippen LogP contribution in [0.2, 0.25) is 0 Å². The number of nitrogens with zero attached hydrogens (tertiary/aromatic N) is 2. The average Bonchev–Trinajstić information content (AvgIpc) is 3.39. The Hall–Kier alpha value is -3.46. The highest BCUT2D eigenvalue weighted by Gasteiger charge is 2.29. The first-order valence-corrected chi connectivity index (χ1v) is 12.7. The van der Waals surface area contributed by atoms with Crippen LogP contribution in [0.5, 0.6) is 0 Å². The summed E-state index contributed by atoms with van der Waals surface area (Å²) >= 11 is 0. The van der Waals surface area contributed by atoms with Gasteiger partial charge in [-0.2, -0.15) is 4.31 Å². The second kappa shape index (κ2) is 11.3. The van der Waals surface area contributed by atoms with Crippen LogP contribution in [0, 0.1) is 0 Å². The summed E-state index contributed by atoms with van der Waals surface area (Å²) < 4.78 is 39.0. The first-order valence-electron chi connectivity index (χ1n) is 11.3. The van der Waals surface area contributed by atoms with Crippen LogP contribution >= 0.6 is 0 Å². The van der Waals surface area contributed by atoms with Crippen LogP contribution in [-0.4, -0.2) is 50.3 Å². The maximum absolute atomic E-state index is 13.6. The lowest BCUT2D eigenvalue weighted by atomic mass is 10.1. The third-order valence-electron chi connectivity index (χ3n) is 5.71. The third-order valence-corrected chi connectivity index (χ3v) is 7.55. The van der Waals surface area contributed by atoms with Crippen LogP contribution in [0.15, 0.2) is 101 Å². The molecule has 1 amide bonds. The zero-order valence-corrected chi connectivity index (χ0v) is 20.4. The molecular weight excluding hydrogens is 464 g/mol. The van der Waals surface area contributed by atoms with Crippen LogP contribution in [0.25, 0.3) is 10.8 Å². The van der Waals surface area contributed by atoms with Gasteiger partial charge in [0.05, 0.1) is 30.9 Å². The number of hydrogen-bond acceptors (Lipinski definition) is 5. The van der Waals surface area contributed by atoms with Gasteiger partial charge in [-0.15, -0.1) is 0 Å². The first kappa shape index (κ1) is 24.7. The maximum atomic E-state index is 13.6. The molecule has 35 heavy (non-hydrogen) atoms. The molecular formula is C27H28N2O5S. The van der Waals surface area contributed by atoms with E-state index >= 15 is 0 Å². The highest BCUT2D eigenvalue weighted by Crippen LogP contribution is 2.22. The minimum atomic E-state index is -3.95. The molecule has 0 aliphatic heterocycles. The standard InChI is InChI=1S/C27H28N2O5S/c1-33-17-15-29(35(31,32)26-14-13-23-10-5-6-11-24(23)18-26)21-27(30)28(20-25-12-7-16-34-25)19-22-8-3-2-4-9-22/h2-14,16,18H,15,17,19-21H2,1H3. The van der Waals surface area contributed by atoms with Gasteiger partial charge in [0.2, 0.25) is 15.9 Å². The Balaban J connectivity index is 1.60. The molecule has 7 nitrogen and oxygen atoms in total. The zero-order valence-electron chi connectivity index (χ0n) is 19.5. The number of ether oxygens (including phenoxy) is 1. The number of carbonyl (C=O) groups is 1. The molecule has 4 rings (SSSR count). The van der Waals surface area contributed by atoms with Gasteiger partial charge in [0.15, 0.2) is 0 Å². The number of hydrogen-bond donors (Lipinski definition) is 0. The van der Waals surface area contributed by atoms with Gasteiger partial charge in [0.1, 0.15) is 5.76 Å². The summed E-state index contributed by atoms with van der Waals surface area (Å²) in [6.45, 7) is 0.462. The van der Waals surface area contributed by atoms with Crippen molar-refractivity contribution in [3.05, 3.63) is 103 Å². The maximum Gasteiger partial charge on any atom is 0.243 e. The second-order valence-electron chi connectivity index (χ2n) is 8.16. The Morgan fingerprint density at radius 2 is 1.63 bits per heavy atom. The lowest BCUT2D eigenvalue weighted by Gasteiger charge is -2.27. The minimum absolute atomic E-state index is 0.0529. The van der Waals surface area contributed by atoms with Crippen molar-refractivity contribution in [1.82, 2.24) is 9.21 Å². The third kappa shape index (κ3) is 6.16. The van der Waals surface area contributed by atoms with Crippen LogP contribution in [-0.2, 0) is 32.6 Å². The Labute approximate surface area is 205 Å². The number of benzene rings is 3. The van der Waals surface area contributed by atoms with Crippen molar-refractivity contribution >= 4 is 26.7 Å². The van der Waals surface area contributed by atoms with Gasteiger partial charge in [-0.05, 0) is 40.6 Å². The number of amides is 1. The van der Waals surface area contributed by atoms with Crippen molar-refractivity contribution in [2.45, 2.75) is 18.0 Å². The molecule has 0 spiro atoms. The molecule has 0 unspecified atom stereocenters. The fourth-order valence-corrected chi connectivity index (χ4v) is 5.24. The van der Waals surface area contributed by atoms with Crippen molar-refractivity contribution in [2.24, 2.45) is 0 Å². The molecule has 0 saturated carbocycles. The summed E-state index contributed by atoms with van der Waals surface area (Å²) in [6.07, 6.45) is 1.55. The molecule has 0 radical (unpaired) electrons. The fraction of sp³-hybridized carbons (Fsp3) is 0.222. The smallest absolute Gasteiger partial charge is 0.243 e. The fourth-order valence-electron chi connectivity index (χ4n) is 3.83. The summed E-state index contributed by atoms with van der Waals surface area (Å²) in [5, 5.41) is 1.76. The second-order valence-corrected chi connectivity index (χ2v) is 10.1. The molecule has 8 heteroatoms. The van der Waals surface area contributed by atoms with E-state index in [-0.39, 0.29) is 37.0 Å². The van der Waals surface area contributed by atoms with Crippen molar-refractivity contribution < 1.29 is 22.4 Å². The van der Waals surface area contributed by atoms with Crippen molar-refractivity contribution in [3.63, 3.8) is 0 Å². The van der Waals surface area contributed by atoms with E-state index in [0.29, 0.717) is 12.3 Å². The molecule has 0 N–H and O–H groups in total. The van der Waals surface area contributed by atoms with Gasteiger partial charge in [0.25, 0.3) is 0 Å². The quantitative estimate of drug-likeness (QED) is 0.312. The molecule has 0 aliphatic carbocycles. The first-order chi connectivity index (χ1) is 17.0. The van der Waals surface area contributed by atoms with E-state index in [1.807, 2.05) is 54.6 Å². The highest BCUT2D eigenvalue weighted by molar-refractivity contribution is 7.89. The van der Waals surface area contributed by atoms with E-state index in [4.69, 9.17) is 9.15 Å². The number of carbonyl (C=O) groups excluding carboxylic acids is 1. The zero-order chi connectivity index (χ0) is 24.7. The monoisotopic (exact) mass is 492 g/mol. The molecule has 1 heterocycles. The summed E-state index contributed by atoms with van der Waals surface area (Å²) in [5.41, 5.74) is 0.938. The predicted molar refractivity (Wildman–Crippen MR) is 134 cm³/mol. The van der Waals surface area contributed by atoms with E-state index in [1.165, 1.54) is 11.4 Å². The number of fused-ring (bicyclic) bond motifs is 1. The SMILES string of the molecule is COCCN(CC(=O)N(Cc1ccccc1)Cc1ccco1)S(=O)(=O)c1ccc2ccccc2c1. The van der Waals surface area contributed by atoms with E-state index in [2.05, 4.69) is 0 Å². The molecule has 3 aromatic carbocycles. The van der Waals surface area contributed by atoms with Crippen molar-refractivity contribution in [1.29, 1.82) is 0 Å². The van der Waals surface area contributed by atoms with E-state index < -0.39 is 10.0 Å². The Bertz CT molecular complexity index is 1350. The van der Waals surface area contributed by atoms with E-state index in [9.17, 15) is 13.2 Å². The predicted octanol–water partition coefficient (Wildman–Crippen LogP) is 4.30. The van der Waals surface area contributed by atoms with Gasteiger partial charge in [-0.3, -0.25) is 4.79 Å². The largest absolute Gasteiger partial charge is 0.467 e. The normalized spacial score (nSPS) is 11.7. The number of methoxy groups -OCH3 is 1. The summed E-state index contributed by atoms with van der Waals surface area (Å²) in [6, 6.07) is 25.7. The van der Waals surface area contributed by atoms with Crippen LogP contribution < -0.4 is 0 Å². The van der Waals surface area contributed by atoms with Crippen molar-refractivity contribution in [3.8, 4) is 0 Å². The summed E-state index contributed by atoms with van der Waals surface area (Å²) in [5.74, 6) is 0.292.